The molecule has 1 nitrogen and oxygen atoms in total. The molecular weight excluding hydrogens is 148 g/mol. The first-order valence-corrected chi connectivity index (χ1v) is 3.66. The zero-order valence-corrected chi connectivity index (χ0v) is 7.41. The van der Waals surface area contributed by atoms with Gasteiger partial charge in [-0.15, -0.1) is 0 Å². The van der Waals surface area contributed by atoms with E-state index in [1.807, 2.05) is 0 Å². The van der Waals surface area contributed by atoms with Crippen molar-refractivity contribution in [2.45, 2.75) is 26.2 Å². The Labute approximate surface area is 84.2 Å². The number of benzene rings is 1. The number of para-hydroxylation sites is 1. The van der Waals surface area contributed by atoms with E-state index in [-0.39, 0.29) is 17.4 Å². The molecule has 0 N–H and O–H groups in total. The lowest BCUT2D eigenvalue weighted by molar-refractivity contribution is 0.397. The van der Waals surface area contributed by atoms with Crippen LogP contribution in [-0.4, -0.2) is 7.04 Å². The molecule has 0 saturated heterocycles. The summed E-state index contributed by atoms with van der Waals surface area (Å²) in [7, 11) is -2.77. The van der Waals surface area contributed by atoms with Crippen LogP contribution in [-0.2, 0) is 5.41 Å². The van der Waals surface area contributed by atoms with Gasteiger partial charge >= 0.3 is 0 Å². The summed E-state index contributed by atoms with van der Waals surface area (Å²) in [6.45, 7) is 5.19. The number of methoxy groups -OCH3 is 1. The largest absolute Gasteiger partial charge is 0.496 e. The number of rotatable bonds is 1. The molecule has 12 heavy (non-hydrogen) atoms. The molecule has 0 bridgehead atoms. The molecule has 0 aliphatic carbocycles. The van der Waals surface area contributed by atoms with Crippen LogP contribution in [0.2, 0.25) is 0 Å². The second kappa shape index (κ2) is 3.18. The first kappa shape index (κ1) is 3.41. The van der Waals surface area contributed by atoms with Gasteiger partial charge in [-0.05, 0) is 17.0 Å². The highest BCUT2D eigenvalue weighted by Crippen LogP contribution is 2.30. The standard InChI is InChI=1S/C11H16O/c1-11(2,3)9-7-5-6-8-10(9)12-4/h5-8H,1-4H3/i4D3,5D,6D,7D,8D. The van der Waals surface area contributed by atoms with Crippen LogP contribution in [0.15, 0.2) is 24.2 Å². The Bertz CT molecular complexity index is 499. The monoisotopic (exact) mass is 171 g/mol. The van der Waals surface area contributed by atoms with Gasteiger partial charge in [0, 0.05) is 0 Å². The lowest BCUT2D eigenvalue weighted by atomic mass is 9.86. The van der Waals surface area contributed by atoms with Crippen LogP contribution in [0.3, 0.4) is 0 Å². The predicted molar refractivity (Wildman–Crippen MR) is 51.7 cm³/mol. The zero-order valence-electron chi connectivity index (χ0n) is 14.4. The maximum atomic E-state index is 7.88. The molecule has 0 radical (unpaired) electrons. The van der Waals surface area contributed by atoms with Crippen molar-refractivity contribution in [3.8, 4) is 5.75 Å². The third-order valence-electron chi connectivity index (χ3n) is 1.51. The fraction of sp³-hybridized carbons (Fsp3) is 0.455. The van der Waals surface area contributed by atoms with Gasteiger partial charge in [-0.1, -0.05) is 38.9 Å². The van der Waals surface area contributed by atoms with Crippen molar-refractivity contribution in [1.29, 1.82) is 0 Å². The van der Waals surface area contributed by atoms with Gasteiger partial charge in [0.25, 0.3) is 0 Å². The molecule has 0 aliphatic heterocycles. The minimum absolute atomic E-state index is 0.162. The van der Waals surface area contributed by atoms with Crippen LogP contribution in [0.4, 0.5) is 0 Å². The van der Waals surface area contributed by atoms with Gasteiger partial charge in [-0.2, -0.15) is 0 Å². The Morgan fingerprint density at radius 1 is 1.33 bits per heavy atom. The lowest BCUT2D eigenvalue weighted by Crippen LogP contribution is -2.12. The summed E-state index contributed by atoms with van der Waals surface area (Å²) in [5, 5.41) is 0. The first-order chi connectivity index (χ1) is 8.36. The van der Waals surface area contributed by atoms with Crippen molar-refractivity contribution in [2.75, 3.05) is 7.04 Å². The molecular formula is C11H16O. The Morgan fingerprint density at radius 3 is 2.58 bits per heavy atom. The van der Waals surface area contributed by atoms with E-state index in [9.17, 15) is 0 Å². The van der Waals surface area contributed by atoms with E-state index in [0.29, 0.717) is 0 Å². The highest BCUT2D eigenvalue weighted by molar-refractivity contribution is 5.38. The summed E-state index contributed by atoms with van der Waals surface area (Å²) in [5.41, 5.74) is -0.508. The van der Waals surface area contributed by atoms with Crippen molar-refractivity contribution < 1.29 is 14.3 Å². The van der Waals surface area contributed by atoms with Gasteiger partial charge in [0.1, 0.15) is 5.75 Å². The van der Waals surface area contributed by atoms with Crippen LogP contribution in [0.25, 0.3) is 0 Å². The van der Waals surface area contributed by atoms with Gasteiger partial charge in [-0.3, -0.25) is 0 Å². The number of hydrogen-bond donors (Lipinski definition) is 0. The van der Waals surface area contributed by atoms with Crippen LogP contribution >= 0.6 is 0 Å². The third-order valence-corrected chi connectivity index (χ3v) is 1.51. The van der Waals surface area contributed by atoms with E-state index in [4.69, 9.17) is 14.3 Å². The Morgan fingerprint density at radius 2 is 2.00 bits per heavy atom. The minimum atomic E-state index is -2.77. The smallest absolute Gasteiger partial charge is 0.122 e. The molecule has 0 unspecified atom stereocenters. The average molecular weight is 171 g/mol. The molecule has 0 aromatic heterocycles. The maximum absolute atomic E-state index is 7.88. The molecule has 1 aromatic rings. The summed E-state index contributed by atoms with van der Waals surface area (Å²) in [6.07, 6.45) is 0. The van der Waals surface area contributed by atoms with Gasteiger partial charge in [0.15, 0.2) is 0 Å². The second-order valence-corrected chi connectivity index (χ2v) is 3.56. The fourth-order valence-electron chi connectivity index (χ4n) is 0.906. The molecule has 1 rings (SSSR count). The molecule has 66 valence electrons. The van der Waals surface area contributed by atoms with Crippen molar-refractivity contribution in [1.82, 2.24) is 0 Å². The molecule has 0 saturated carbocycles. The van der Waals surface area contributed by atoms with Gasteiger partial charge in [0.2, 0.25) is 0 Å². The second-order valence-electron chi connectivity index (χ2n) is 3.56. The lowest BCUT2D eigenvalue weighted by Gasteiger charge is -2.21. The summed E-state index contributed by atoms with van der Waals surface area (Å²) < 4.78 is 57.0. The van der Waals surface area contributed by atoms with E-state index in [2.05, 4.69) is 0 Å². The highest BCUT2D eigenvalue weighted by Gasteiger charge is 2.17. The average Bonchev–Trinajstić information content (AvgIpc) is 2.19. The SMILES string of the molecule is [2H]c1c([2H])c([2H])c(C(C)(C)C)c(OC([2H])([2H])[2H])c1[2H]. The van der Waals surface area contributed by atoms with E-state index < -0.39 is 30.6 Å². The quantitative estimate of drug-likeness (QED) is 0.631. The van der Waals surface area contributed by atoms with Gasteiger partial charge in [-0.25, -0.2) is 0 Å². The summed E-state index contributed by atoms with van der Waals surface area (Å²) in [5.74, 6) is -0.307. The van der Waals surface area contributed by atoms with E-state index >= 15 is 0 Å². The molecule has 0 heterocycles. The molecule has 0 fully saturated rings. The predicted octanol–water partition coefficient (Wildman–Crippen LogP) is 2.99. The topological polar surface area (TPSA) is 9.23 Å². The minimum Gasteiger partial charge on any atom is -0.496 e. The van der Waals surface area contributed by atoms with Crippen LogP contribution in [0.1, 0.15) is 35.9 Å². The summed E-state index contributed by atoms with van der Waals surface area (Å²) in [4.78, 5) is 0. The summed E-state index contributed by atoms with van der Waals surface area (Å²) >= 11 is 0. The molecule has 1 heteroatoms. The Kier molecular flexibility index (Phi) is 0.902. The molecule has 0 atom stereocenters. The zero-order chi connectivity index (χ0) is 15.2. The van der Waals surface area contributed by atoms with Crippen LogP contribution in [0.5, 0.6) is 5.75 Å². The van der Waals surface area contributed by atoms with Gasteiger partial charge < -0.3 is 4.74 Å². The van der Waals surface area contributed by atoms with Crippen molar-refractivity contribution in [3.63, 3.8) is 0 Å². The fourth-order valence-corrected chi connectivity index (χ4v) is 0.906. The van der Waals surface area contributed by atoms with Crippen molar-refractivity contribution in [3.05, 3.63) is 29.7 Å². The number of hydrogen-bond acceptors (Lipinski definition) is 1. The normalized spacial score (nSPS) is 20.8. The third kappa shape index (κ3) is 1.79. The van der Waals surface area contributed by atoms with E-state index in [0.717, 1.165) is 0 Å². The molecule has 1 aromatic carbocycles. The molecule has 0 amide bonds. The number of ether oxygens (including phenoxy) is 1. The highest BCUT2D eigenvalue weighted by atomic mass is 16.5. The molecule has 0 spiro atoms. The molecule has 0 aliphatic rings. The first-order valence-electron chi connectivity index (χ1n) is 7.16. The van der Waals surface area contributed by atoms with Gasteiger partial charge in [0.05, 0.1) is 16.6 Å². The van der Waals surface area contributed by atoms with Crippen molar-refractivity contribution in [2.24, 2.45) is 0 Å². The van der Waals surface area contributed by atoms with Crippen molar-refractivity contribution >= 4 is 0 Å². The maximum Gasteiger partial charge on any atom is 0.122 e. The summed E-state index contributed by atoms with van der Waals surface area (Å²) in [6, 6.07) is -1.64. The van der Waals surface area contributed by atoms with E-state index in [1.54, 1.807) is 20.8 Å². The van der Waals surface area contributed by atoms with Crippen LogP contribution < -0.4 is 4.74 Å². The van der Waals surface area contributed by atoms with Crippen LogP contribution in [0, 0.1) is 0 Å². The van der Waals surface area contributed by atoms with E-state index in [1.165, 1.54) is 0 Å². The Hall–Kier alpha value is -0.980. The Balaban J connectivity index is 3.68.